The predicted octanol–water partition coefficient (Wildman–Crippen LogP) is 4.93. The number of aromatic hydroxyl groups is 1. The molecule has 0 aliphatic rings. The first kappa shape index (κ1) is 24.8. The van der Waals surface area contributed by atoms with Crippen molar-refractivity contribution in [2.24, 2.45) is 10.2 Å². The number of hydrogen-bond donors (Lipinski definition) is 1. The standard InChI is InChI=1S/C26H22N2O7/c1-3-24(30)34-13-14-35-26(32)18-9-11-19(12-10-18)27-28-21-15-20(22(29)16-23(21)33-2)25(31)17-7-5-4-6-8-17/h3-12,15-16,29H,1,13-14H2,2H3. The molecule has 0 bridgehead atoms. The van der Waals surface area contributed by atoms with Crippen molar-refractivity contribution in [2.75, 3.05) is 20.3 Å². The lowest BCUT2D eigenvalue weighted by Crippen LogP contribution is -2.12. The van der Waals surface area contributed by atoms with E-state index in [1.54, 1.807) is 42.5 Å². The molecule has 0 amide bonds. The van der Waals surface area contributed by atoms with Crippen LogP contribution in [0.25, 0.3) is 0 Å². The van der Waals surface area contributed by atoms with Crippen LogP contribution in [0.1, 0.15) is 26.3 Å². The first-order valence-corrected chi connectivity index (χ1v) is 10.4. The molecule has 0 aromatic heterocycles. The Balaban J connectivity index is 1.72. The molecule has 1 N–H and O–H groups in total. The van der Waals surface area contributed by atoms with E-state index in [1.807, 2.05) is 0 Å². The van der Waals surface area contributed by atoms with Crippen LogP contribution >= 0.6 is 0 Å². The van der Waals surface area contributed by atoms with Crippen molar-refractivity contribution in [3.63, 3.8) is 0 Å². The first-order chi connectivity index (χ1) is 16.9. The smallest absolute Gasteiger partial charge is 0.338 e. The summed E-state index contributed by atoms with van der Waals surface area (Å²) in [6, 6.07) is 17.4. The van der Waals surface area contributed by atoms with E-state index in [-0.39, 0.29) is 47.3 Å². The number of rotatable bonds is 10. The highest BCUT2D eigenvalue weighted by Gasteiger charge is 2.17. The zero-order valence-electron chi connectivity index (χ0n) is 18.8. The Morgan fingerprint density at radius 1 is 0.914 bits per heavy atom. The Kier molecular flexibility index (Phi) is 8.44. The molecule has 0 radical (unpaired) electrons. The van der Waals surface area contributed by atoms with Gasteiger partial charge in [-0.05, 0) is 30.3 Å². The fraction of sp³-hybridized carbons (Fsp3) is 0.115. The number of ketones is 1. The highest BCUT2D eigenvalue weighted by molar-refractivity contribution is 6.11. The van der Waals surface area contributed by atoms with Crippen molar-refractivity contribution in [1.29, 1.82) is 0 Å². The van der Waals surface area contributed by atoms with Gasteiger partial charge in [0.05, 0.1) is 23.9 Å². The second-order valence-corrected chi connectivity index (χ2v) is 6.99. The quantitative estimate of drug-likeness (QED) is 0.145. The van der Waals surface area contributed by atoms with Gasteiger partial charge >= 0.3 is 11.9 Å². The summed E-state index contributed by atoms with van der Waals surface area (Å²) >= 11 is 0. The van der Waals surface area contributed by atoms with Crippen LogP contribution in [0.2, 0.25) is 0 Å². The maximum absolute atomic E-state index is 12.8. The van der Waals surface area contributed by atoms with E-state index in [9.17, 15) is 19.5 Å². The molecule has 0 saturated carbocycles. The van der Waals surface area contributed by atoms with Crippen LogP contribution in [0.15, 0.2) is 89.6 Å². The molecule has 0 saturated heterocycles. The van der Waals surface area contributed by atoms with Gasteiger partial charge in [-0.15, -0.1) is 5.11 Å². The number of benzene rings is 3. The van der Waals surface area contributed by atoms with Crippen LogP contribution in [0.3, 0.4) is 0 Å². The lowest BCUT2D eigenvalue weighted by molar-refractivity contribution is -0.138. The third-order valence-electron chi connectivity index (χ3n) is 4.68. The number of hydrogen-bond acceptors (Lipinski definition) is 9. The van der Waals surface area contributed by atoms with E-state index < -0.39 is 11.9 Å². The van der Waals surface area contributed by atoms with E-state index in [1.165, 1.54) is 31.4 Å². The molecule has 0 unspecified atom stereocenters. The summed E-state index contributed by atoms with van der Waals surface area (Å²) in [5.74, 6) is -1.57. The van der Waals surface area contributed by atoms with Crippen molar-refractivity contribution >= 4 is 29.1 Å². The largest absolute Gasteiger partial charge is 0.507 e. The maximum Gasteiger partial charge on any atom is 0.338 e. The van der Waals surface area contributed by atoms with Crippen LogP contribution in [-0.2, 0) is 14.3 Å². The first-order valence-electron chi connectivity index (χ1n) is 10.4. The van der Waals surface area contributed by atoms with Gasteiger partial charge in [0, 0.05) is 17.7 Å². The second-order valence-electron chi connectivity index (χ2n) is 6.99. The number of esters is 2. The number of azo groups is 1. The highest BCUT2D eigenvalue weighted by atomic mass is 16.6. The third kappa shape index (κ3) is 6.61. The van der Waals surface area contributed by atoms with Gasteiger partial charge in [-0.3, -0.25) is 4.79 Å². The van der Waals surface area contributed by atoms with Crippen molar-refractivity contribution < 1.29 is 33.7 Å². The molecule has 9 heteroatoms. The zero-order valence-corrected chi connectivity index (χ0v) is 18.8. The lowest BCUT2D eigenvalue weighted by atomic mass is 10.0. The summed E-state index contributed by atoms with van der Waals surface area (Å²) in [6.45, 7) is 3.10. The summed E-state index contributed by atoms with van der Waals surface area (Å²) in [7, 11) is 1.41. The monoisotopic (exact) mass is 474 g/mol. The summed E-state index contributed by atoms with van der Waals surface area (Å²) in [5.41, 5.74) is 1.41. The fourth-order valence-corrected chi connectivity index (χ4v) is 2.92. The van der Waals surface area contributed by atoms with Gasteiger partial charge in [0.15, 0.2) is 5.78 Å². The Hall–Kier alpha value is -4.79. The lowest BCUT2D eigenvalue weighted by Gasteiger charge is -2.09. The average molecular weight is 474 g/mol. The SMILES string of the molecule is C=CC(=O)OCCOC(=O)c1ccc(N=Nc2cc(C(=O)c3ccccc3)c(O)cc2OC)cc1. The molecule has 0 atom stereocenters. The van der Waals surface area contributed by atoms with Crippen LogP contribution in [0, 0.1) is 0 Å². The third-order valence-corrected chi connectivity index (χ3v) is 4.68. The molecule has 0 aliphatic carbocycles. The Morgan fingerprint density at radius 3 is 2.26 bits per heavy atom. The number of phenols is 1. The van der Waals surface area contributed by atoms with Gasteiger partial charge in [-0.2, -0.15) is 5.11 Å². The minimum Gasteiger partial charge on any atom is -0.507 e. The summed E-state index contributed by atoms with van der Waals surface area (Å²) in [4.78, 5) is 35.8. The minimum absolute atomic E-state index is 0.0582. The van der Waals surface area contributed by atoms with Crippen molar-refractivity contribution in [3.05, 3.63) is 96.1 Å². The van der Waals surface area contributed by atoms with Gasteiger partial charge in [0.1, 0.15) is 30.4 Å². The van der Waals surface area contributed by atoms with Gasteiger partial charge in [-0.1, -0.05) is 36.9 Å². The predicted molar refractivity (Wildman–Crippen MR) is 127 cm³/mol. The number of phenolic OH excluding ortho intramolecular Hbond substituents is 1. The van der Waals surface area contributed by atoms with Gasteiger partial charge in [-0.25, -0.2) is 9.59 Å². The summed E-state index contributed by atoms with van der Waals surface area (Å²) in [5, 5.41) is 18.6. The zero-order chi connectivity index (χ0) is 25.2. The van der Waals surface area contributed by atoms with E-state index in [2.05, 4.69) is 16.8 Å². The summed E-state index contributed by atoms with van der Waals surface area (Å²) < 4.78 is 15.0. The molecule has 0 spiro atoms. The molecule has 0 aliphatic heterocycles. The normalized spacial score (nSPS) is 10.5. The number of methoxy groups -OCH3 is 1. The molecule has 35 heavy (non-hydrogen) atoms. The van der Waals surface area contributed by atoms with E-state index >= 15 is 0 Å². The number of carbonyl (C=O) groups is 3. The number of ether oxygens (including phenoxy) is 3. The van der Waals surface area contributed by atoms with Crippen LogP contribution in [0.4, 0.5) is 11.4 Å². The molecule has 0 fully saturated rings. The molecule has 0 heterocycles. The molecular formula is C26H22N2O7. The van der Waals surface area contributed by atoms with Crippen LogP contribution in [0.5, 0.6) is 11.5 Å². The minimum atomic E-state index is -0.599. The molecule has 178 valence electrons. The molecule has 3 rings (SSSR count). The topological polar surface area (TPSA) is 124 Å². The van der Waals surface area contributed by atoms with E-state index in [0.717, 1.165) is 6.08 Å². The Labute approximate surface area is 201 Å². The van der Waals surface area contributed by atoms with Gasteiger partial charge in [0.2, 0.25) is 0 Å². The van der Waals surface area contributed by atoms with Crippen LogP contribution in [-0.4, -0.2) is 43.2 Å². The van der Waals surface area contributed by atoms with Gasteiger partial charge in [0.25, 0.3) is 0 Å². The van der Waals surface area contributed by atoms with Crippen molar-refractivity contribution in [1.82, 2.24) is 0 Å². The summed E-state index contributed by atoms with van der Waals surface area (Å²) in [6.07, 6.45) is 1.02. The fourth-order valence-electron chi connectivity index (χ4n) is 2.92. The Morgan fingerprint density at radius 2 is 1.60 bits per heavy atom. The molecule has 9 nitrogen and oxygen atoms in total. The number of nitrogens with zero attached hydrogens (tertiary/aromatic N) is 2. The van der Waals surface area contributed by atoms with E-state index in [0.29, 0.717) is 11.3 Å². The molecular weight excluding hydrogens is 452 g/mol. The Bertz CT molecular complexity index is 1250. The average Bonchev–Trinajstić information content (AvgIpc) is 2.90. The van der Waals surface area contributed by atoms with Gasteiger partial charge < -0.3 is 19.3 Å². The van der Waals surface area contributed by atoms with Crippen LogP contribution < -0.4 is 4.74 Å². The van der Waals surface area contributed by atoms with E-state index in [4.69, 9.17) is 14.2 Å². The number of carbonyl (C=O) groups excluding carboxylic acids is 3. The molecule has 3 aromatic rings. The highest BCUT2D eigenvalue weighted by Crippen LogP contribution is 2.36. The van der Waals surface area contributed by atoms with Crippen molar-refractivity contribution in [3.8, 4) is 11.5 Å². The second kappa shape index (κ2) is 11.9. The van der Waals surface area contributed by atoms with Crippen molar-refractivity contribution in [2.45, 2.75) is 0 Å². The molecule has 3 aromatic carbocycles. The maximum atomic E-state index is 12.8.